The molecule has 0 saturated carbocycles. The number of benzene rings is 3. The summed E-state index contributed by atoms with van der Waals surface area (Å²) < 4.78 is 11.6. The van der Waals surface area contributed by atoms with Gasteiger partial charge in [0.2, 0.25) is 5.91 Å². The Kier molecular flexibility index (Phi) is 8.50. The second kappa shape index (κ2) is 12.0. The minimum Gasteiger partial charge on any atom is -0.484 e. The molecule has 1 fully saturated rings. The van der Waals surface area contributed by atoms with Crippen molar-refractivity contribution in [1.29, 1.82) is 0 Å². The fraction of sp³-hybridized carbons (Fsp3) is 0.259. The average molecular weight is 513 g/mol. The van der Waals surface area contributed by atoms with Gasteiger partial charge in [0, 0.05) is 23.1 Å². The lowest BCUT2D eigenvalue weighted by Gasteiger charge is -2.30. The molecule has 0 radical (unpaired) electrons. The summed E-state index contributed by atoms with van der Waals surface area (Å²) in [7, 11) is 0. The van der Waals surface area contributed by atoms with Crippen molar-refractivity contribution in [3.05, 3.63) is 88.4 Å². The number of ether oxygens (including phenoxy) is 2. The first kappa shape index (κ1) is 24.9. The van der Waals surface area contributed by atoms with Gasteiger partial charge in [0.25, 0.3) is 5.91 Å². The zero-order valence-corrected chi connectivity index (χ0v) is 20.6. The number of rotatable bonds is 8. The van der Waals surface area contributed by atoms with Crippen LogP contribution in [0, 0.1) is 0 Å². The Balaban J connectivity index is 1.53. The van der Waals surface area contributed by atoms with E-state index in [1.165, 1.54) is 0 Å². The van der Waals surface area contributed by atoms with Gasteiger partial charge in [-0.25, -0.2) is 0 Å². The summed E-state index contributed by atoms with van der Waals surface area (Å²) in [4.78, 5) is 27.7. The Labute approximate surface area is 214 Å². The Morgan fingerprint density at radius 2 is 1.66 bits per heavy atom. The molecular weight excluding hydrogens is 487 g/mol. The van der Waals surface area contributed by atoms with Crippen LogP contribution in [0.5, 0.6) is 17.2 Å². The Bertz CT molecular complexity index is 1150. The van der Waals surface area contributed by atoms with Crippen LogP contribution in [0.3, 0.4) is 0 Å². The van der Waals surface area contributed by atoms with Gasteiger partial charge in [-0.15, -0.1) is 0 Å². The molecule has 0 bridgehead atoms. The predicted molar refractivity (Wildman–Crippen MR) is 136 cm³/mol. The summed E-state index contributed by atoms with van der Waals surface area (Å²) in [5.41, 5.74) is 0.820. The van der Waals surface area contributed by atoms with Gasteiger partial charge >= 0.3 is 0 Å². The Morgan fingerprint density at radius 1 is 0.914 bits per heavy atom. The summed E-state index contributed by atoms with van der Waals surface area (Å²) in [5, 5.41) is 3.86. The summed E-state index contributed by atoms with van der Waals surface area (Å²) in [5.74, 6) is 1.27. The molecule has 0 unspecified atom stereocenters. The number of para-hydroxylation sites is 1. The first-order valence-corrected chi connectivity index (χ1v) is 12.2. The van der Waals surface area contributed by atoms with Gasteiger partial charge < -0.3 is 19.7 Å². The minimum absolute atomic E-state index is 0.142. The fourth-order valence-corrected chi connectivity index (χ4v) is 4.47. The van der Waals surface area contributed by atoms with Crippen LogP contribution in [0.4, 0.5) is 0 Å². The third-order valence-corrected chi connectivity index (χ3v) is 6.07. The molecule has 182 valence electrons. The van der Waals surface area contributed by atoms with Crippen LogP contribution in [0.15, 0.2) is 72.8 Å². The van der Waals surface area contributed by atoms with E-state index in [9.17, 15) is 9.59 Å². The second-order valence-electron chi connectivity index (χ2n) is 8.28. The molecule has 35 heavy (non-hydrogen) atoms. The molecule has 4 rings (SSSR count). The van der Waals surface area contributed by atoms with Gasteiger partial charge in [-0.2, -0.15) is 0 Å². The molecule has 6 nitrogen and oxygen atoms in total. The highest BCUT2D eigenvalue weighted by Crippen LogP contribution is 2.29. The normalized spacial score (nSPS) is 15.6. The second-order valence-corrected chi connectivity index (χ2v) is 9.15. The van der Waals surface area contributed by atoms with Gasteiger partial charge in [-0.3, -0.25) is 9.59 Å². The zero-order chi connectivity index (χ0) is 24.6. The van der Waals surface area contributed by atoms with E-state index < -0.39 is 6.04 Å². The third-order valence-electron chi connectivity index (χ3n) is 5.63. The van der Waals surface area contributed by atoms with Crippen LogP contribution in [-0.2, 0) is 16.1 Å². The molecule has 1 aliphatic heterocycles. The molecule has 3 aromatic carbocycles. The fourth-order valence-electron chi connectivity index (χ4n) is 3.97. The predicted octanol–water partition coefficient (Wildman–Crippen LogP) is 5.86. The maximum Gasteiger partial charge on any atom is 0.261 e. The molecule has 3 aromatic rings. The highest BCUT2D eigenvalue weighted by atomic mass is 35.5. The van der Waals surface area contributed by atoms with Crippen LogP contribution in [-0.4, -0.2) is 35.9 Å². The van der Waals surface area contributed by atoms with Gasteiger partial charge in [0.05, 0.1) is 0 Å². The molecule has 0 aromatic heterocycles. The number of nitrogens with one attached hydrogen (secondary N) is 1. The van der Waals surface area contributed by atoms with Gasteiger partial charge in [0.15, 0.2) is 6.61 Å². The molecule has 1 aliphatic rings. The maximum atomic E-state index is 13.3. The topological polar surface area (TPSA) is 67.9 Å². The van der Waals surface area contributed by atoms with Crippen molar-refractivity contribution in [2.24, 2.45) is 0 Å². The quantitative estimate of drug-likeness (QED) is 0.410. The van der Waals surface area contributed by atoms with E-state index in [0.29, 0.717) is 40.3 Å². The first-order valence-electron chi connectivity index (χ1n) is 11.5. The smallest absolute Gasteiger partial charge is 0.261 e. The van der Waals surface area contributed by atoms with Gasteiger partial charge in [-0.05, 0) is 67.3 Å². The number of nitrogens with zero attached hydrogens (tertiary/aromatic N) is 1. The standard InChI is InChI=1S/C27H26Cl2N2O4/c28-20-14-21(29)16-24(15-20)35-23-10-6-7-19(13-23)17-31(25-11-4-5-12-30-27(25)33)26(32)18-34-22-8-2-1-3-9-22/h1-3,6-10,13-16,25H,4-5,11-12,17-18H2,(H,30,33)/t25-/m0/s1. The lowest BCUT2D eigenvalue weighted by Crippen LogP contribution is -2.49. The number of carbonyl (C=O) groups is 2. The lowest BCUT2D eigenvalue weighted by atomic mass is 10.1. The molecular formula is C27H26Cl2N2O4. The molecule has 1 N–H and O–H groups in total. The van der Waals surface area contributed by atoms with Crippen molar-refractivity contribution in [2.75, 3.05) is 13.2 Å². The first-order chi connectivity index (χ1) is 17.0. The van der Waals surface area contributed by atoms with Crippen molar-refractivity contribution in [2.45, 2.75) is 31.8 Å². The summed E-state index contributed by atoms with van der Waals surface area (Å²) in [6, 6.07) is 20.9. The van der Waals surface area contributed by atoms with Crippen molar-refractivity contribution in [1.82, 2.24) is 10.2 Å². The third kappa shape index (κ3) is 7.13. The van der Waals surface area contributed by atoms with Crippen molar-refractivity contribution in [3.8, 4) is 17.2 Å². The monoisotopic (exact) mass is 512 g/mol. The number of carbonyl (C=O) groups excluding carboxylic acids is 2. The number of hydrogen-bond acceptors (Lipinski definition) is 4. The van der Waals surface area contributed by atoms with Gasteiger partial charge in [-0.1, -0.05) is 53.5 Å². The van der Waals surface area contributed by atoms with E-state index in [-0.39, 0.29) is 25.0 Å². The minimum atomic E-state index is -0.569. The summed E-state index contributed by atoms with van der Waals surface area (Å²) in [6.07, 6.45) is 2.34. The highest BCUT2D eigenvalue weighted by Gasteiger charge is 2.31. The largest absolute Gasteiger partial charge is 0.484 e. The number of hydrogen-bond donors (Lipinski definition) is 1. The van der Waals surface area contributed by atoms with Crippen LogP contribution in [0.2, 0.25) is 10.0 Å². The van der Waals surface area contributed by atoms with E-state index in [4.69, 9.17) is 32.7 Å². The van der Waals surface area contributed by atoms with Gasteiger partial charge in [0.1, 0.15) is 23.3 Å². The summed E-state index contributed by atoms with van der Waals surface area (Å²) >= 11 is 12.2. The van der Waals surface area contributed by atoms with Crippen molar-refractivity contribution < 1.29 is 19.1 Å². The highest BCUT2D eigenvalue weighted by molar-refractivity contribution is 6.34. The van der Waals surface area contributed by atoms with E-state index >= 15 is 0 Å². The lowest BCUT2D eigenvalue weighted by molar-refractivity contribution is -0.142. The van der Waals surface area contributed by atoms with Crippen LogP contribution < -0.4 is 14.8 Å². The maximum absolute atomic E-state index is 13.3. The molecule has 1 atom stereocenters. The average Bonchev–Trinajstić information content (AvgIpc) is 3.05. The number of halogens is 2. The number of amides is 2. The Morgan fingerprint density at radius 3 is 2.43 bits per heavy atom. The zero-order valence-electron chi connectivity index (χ0n) is 19.1. The van der Waals surface area contributed by atoms with Crippen LogP contribution in [0.25, 0.3) is 0 Å². The molecule has 2 amide bonds. The van der Waals surface area contributed by atoms with Crippen molar-refractivity contribution >= 4 is 35.0 Å². The van der Waals surface area contributed by atoms with Crippen molar-refractivity contribution in [3.63, 3.8) is 0 Å². The van der Waals surface area contributed by atoms with E-state index in [1.807, 2.05) is 36.4 Å². The molecule has 1 saturated heterocycles. The molecule has 1 heterocycles. The Hall–Kier alpha value is -3.22. The molecule has 0 spiro atoms. The summed E-state index contributed by atoms with van der Waals surface area (Å²) in [6.45, 7) is 0.691. The SMILES string of the molecule is O=C1NCCCC[C@@H]1N(Cc1cccc(Oc2cc(Cl)cc(Cl)c2)c1)C(=O)COc1ccccc1. The van der Waals surface area contributed by atoms with E-state index in [0.717, 1.165) is 18.4 Å². The molecule has 8 heteroatoms. The van der Waals surface area contributed by atoms with Crippen LogP contribution in [0.1, 0.15) is 24.8 Å². The molecule has 0 aliphatic carbocycles. The van der Waals surface area contributed by atoms with Crippen LogP contribution >= 0.6 is 23.2 Å². The van der Waals surface area contributed by atoms with E-state index in [1.54, 1.807) is 41.3 Å². The van der Waals surface area contributed by atoms with E-state index in [2.05, 4.69) is 5.32 Å².